The summed E-state index contributed by atoms with van der Waals surface area (Å²) in [6.07, 6.45) is 0. The summed E-state index contributed by atoms with van der Waals surface area (Å²) in [5.74, 6) is -0.118. The van der Waals surface area contributed by atoms with Crippen LogP contribution in [0.3, 0.4) is 0 Å². The fourth-order valence-electron chi connectivity index (χ4n) is 1.94. The molecule has 0 radical (unpaired) electrons. The van der Waals surface area contributed by atoms with E-state index < -0.39 is 0 Å². The van der Waals surface area contributed by atoms with Gasteiger partial charge in [-0.25, -0.2) is 4.39 Å². The maximum Gasteiger partial charge on any atom is 0.132 e. The molecule has 0 unspecified atom stereocenters. The zero-order valence-corrected chi connectivity index (χ0v) is 9.07. The maximum absolute atomic E-state index is 13.7. The van der Waals surface area contributed by atoms with Crippen LogP contribution in [0.5, 0.6) is 0 Å². The molecule has 74 valence electrons. The lowest BCUT2D eigenvalue weighted by atomic mass is 10.1. The van der Waals surface area contributed by atoms with Crippen molar-refractivity contribution in [2.24, 2.45) is 0 Å². The molecule has 0 bridgehead atoms. The van der Waals surface area contributed by atoms with Gasteiger partial charge in [0.15, 0.2) is 0 Å². The Morgan fingerprint density at radius 1 is 1.07 bits per heavy atom. The summed E-state index contributed by atoms with van der Waals surface area (Å²) in [7, 11) is 0. The molecule has 3 rings (SSSR count). The minimum absolute atomic E-state index is 0.118. The molecule has 2 aromatic carbocycles. The number of hydrogen-bond donors (Lipinski definition) is 0. The number of halogens is 1. The zero-order valence-electron chi connectivity index (χ0n) is 8.25. The van der Waals surface area contributed by atoms with Crippen LogP contribution in [0.2, 0.25) is 0 Å². The van der Waals surface area contributed by atoms with Crippen LogP contribution in [0.15, 0.2) is 36.4 Å². The Balaban J connectivity index is 2.63. The van der Waals surface area contributed by atoms with Crippen LogP contribution in [0.25, 0.3) is 20.9 Å². The largest absolute Gasteiger partial charge is 0.206 e. The molecule has 0 saturated heterocycles. The first-order valence-corrected chi connectivity index (χ1v) is 5.65. The van der Waals surface area contributed by atoms with E-state index in [4.69, 9.17) is 0 Å². The predicted molar refractivity (Wildman–Crippen MR) is 64.0 cm³/mol. The number of thiophene rings is 1. The normalized spacial score (nSPS) is 11.3. The van der Waals surface area contributed by atoms with E-state index in [1.165, 1.54) is 0 Å². The molecule has 0 fully saturated rings. The van der Waals surface area contributed by atoms with Crippen molar-refractivity contribution in [2.45, 2.75) is 6.92 Å². The van der Waals surface area contributed by atoms with Gasteiger partial charge in [0.05, 0.1) is 0 Å². The van der Waals surface area contributed by atoms with Gasteiger partial charge in [0, 0.05) is 15.0 Å². The quantitative estimate of drug-likeness (QED) is 0.519. The summed E-state index contributed by atoms with van der Waals surface area (Å²) in [6.45, 7) is 2.01. The van der Waals surface area contributed by atoms with Gasteiger partial charge in [-0.15, -0.1) is 11.3 Å². The van der Waals surface area contributed by atoms with E-state index in [2.05, 4.69) is 0 Å². The highest BCUT2D eigenvalue weighted by Gasteiger charge is 2.08. The maximum atomic E-state index is 13.7. The lowest BCUT2D eigenvalue weighted by Crippen LogP contribution is -1.77. The molecule has 0 spiro atoms. The molecular weight excluding hydrogens is 207 g/mol. The third kappa shape index (κ3) is 1.25. The first-order valence-electron chi connectivity index (χ1n) is 4.83. The summed E-state index contributed by atoms with van der Waals surface area (Å²) in [5.41, 5.74) is 0. The van der Waals surface area contributed by atoms with Crippen LogP contribution in [-0.2, 0) is 0 Å². The van der Waals surface area contributed by atoms with Crippen LogP contribution in [-0.4, -0.2) is 0 Å². The Bertz CT molecular complexity index is 652. The average Bonchev–Trinajstić information content (AvgIpc) is 2.61. The molecule has 1 aromatic heterocycles. The van der Waals surface area contributed by atoms with Crippen molar-refractivity contribution >= 4 is 32.2 Å². The molecule has 15 heavy (non-hydrogen) atoms. The van der Waals surface area contributed by atoms with E-state index in [1.807, 2.05) is 37.3 Å². The second kappa shape index (κ2) is 3.04. The van der Waals surface area contributed by atoms with E-state index in [1.54, 1.807) is 17.4 Å². The van der Waals surface area contributed by atoms with Crippen molar-refractivity contribution in [2.75, 3.05) is 0 Å². The molecule has 0 nitrogen and oxygen atoms in total. The zero-order chi connectivity index (χ0) is 10.4. The third-order valence-corrected chi connectivity index (χ3v) is 3.68. The van der Waals surface area contributed by atoms with Gasteiger partial charge < -0.3 is 0 Å². The standard InChI is InChI=1S/C13H9FS/c1-8-6-11-12(14)7-9-4-2-3-5-10(9)13(11)15-8/h2-7H,1H3. The van der Waals surface area contributed by atoms with Gasteiger partial charge in [-0.05, 0) is 29.8 Å². The summed E-state index contributed by atoms with van der Waals surface area (Å²) in [4.78, 5) is 1.15. The molecule has 3 aromatic rings. The van der Waals surface area contributed by atoms with E-state index in [-0.39, 0.29) is 5.82 Å². The van der Waals surface area contributed by atoms with E-state index >= 15 is 0 Å². The highest BCUT2D eigenvalue weighted by molar-refractivity contribution is 7.20. The van der Waals surface area contributed by atoms with E-state index in [0.717, 1.165) is 25.7 Å². The lowest BCUT2D eigenvalue weighted by Gasteiger charge is -1.99. The summed E-state index contributed by atoms with van der Waals surface area (Å²) in [5, 5.41) is 2.87. The van der Waals surface area contributed by atoms with Crippen molar-refractivity contribution in [3.63, 3.8) is 0 Å². The SMILES string of the molecule is Cc1cc2c(F)cc3ccccc3c2s1. The molecule has 0 aliphatic rings. The smallest absolute Gasteiger partial charge is 0.132 e. The third-order valence-electron chi connectivity index (χ3n) is 2.60. The Morgan fingerprint density at radius 3 is 2.73 bits per heavy atom. The van der Waals surface area contributed by atoms with Crippen molar-refractivity contribution in [3.8, 4) is 0 Å². The van der Waals surface area contributed by atoms with Gasteiger partial charge in [-0.2, -0.15) is 0 Å². The van der Waals surface area contributed by atoms with Gasteiger partial charge in [0.25, 0.3) is 0 Å². The van der Waals surface area contributed by atoms with Gasteiger partial charge in [0.1, 0.15) is 5.82 Å². The van der Waals surface area contributed by atoms with Crippen molar-refractivity contribution in [3.05, 3.63) is 47.1 Å². The Labute approximate surface area is 91.0 Å². The molecule has 2 heteroatoms. The fraction of sp³-hybridized carbons (Fsp3) is 0.0769. The first-order chi connectivity index (χ1) is 7.25. The monoisotopic (exact) mass is 216 g/mol. The van der Waals surface area contributed by atoms with Crippen LogP contribution >= 0.6 is 11.3 Å². The molecule has 1 heterocycles. The molecule has 0 N–H and O–H groups in total. The first kappa shape index (κ1) is 8.86. The Morgan fingerprint density at radius 2 is 1.87 bits per heavy atom. The minimum Gasteiger partial charge on any atom is -0.206 e. The molecule has 0 aliphatic heterocycles. The highest BCUT2D eigenvalue weighted by atomic mass is 32.1. The van der Waals surface area contributed by atoms with Crippen molar-refractivity contribution < 1.29 is 4.39 Å². The van der Waals surface area contributed by atoms with Crippen LogP contribution in [0.1, 0.15) is 4.88 Å². The number of aryl methyl sites for hydroxylation is 1. The molecule has 0 atom stereocenters. The van der Waals surface area contributed by atoms with E-state index in [9.17, 15) is 4.39 Å². The van der Waals surface area contributed by atoms with Crippen LogP contribution in [0.4, 0.5) is 4.39 Å². The molecular formula is C13H9FS. The highest BCUT2D eigenvalue weighted by Crippen LogP contribution is 2.34. The summed E-state index contributed by atoms with van der Waals surface area (Å²) >= 11 is 1.66. The average molecular weight is 216 g/mol. The van der Waals surface area contributed by atoms with Gasteiger partial charge in [-0.1, -0.05) is 24.3 Å². The second-order valence-electron chi connectivity index (χ2n) is 3.68. The predicted octanol–water partition coefficient (Wildman–Crippen LogP) is 4.50. The molecule has 0 saturated carbocycles. The summed E-state index contributed by atoms with van der Waals surface area (Å²) < 4.78 is 14.8. The van der Waals surface area contributed by atoms with Gasteiger partial charge >= 0.3 is 0 Å². The van der Waals surface area contributed by atoms with Crippen LogP contribution in [0, 0.1) is 12.7 Å². The topological polar surface area (TPSA) is 0 Å². The Hall–Kier alpha value is -1.41. The summed E-state index contributed by atoms with van der Waals surface area (Å²) in [6, 6.07) is 11.5. The van der Waals surface area contributed by atoms with Crippen LogP contribution < -0.4 is 0 Å². The lowest BCUT2D eigenvalue weighted by molar-refractivity contribution is 0.641. The van der Waals surface area contributed by atoms with Crippen molar-refractivity contribution in [1.82, 2.24) is 0 Å². The number of fused-ring (bicyclic) bond motifs is 3. The van der Waals surface area contributed by atoms with Gasteiger partial charge in [-0.3, -0.25) is 0 Å². The Kier molecular flexibility index (Phi) is 1.80. The number of hydrogen-bond acceptors (Lipinski definition) is 1. The molecule has 0 amide bonds. The fourth-order valence-corrected chi connectivity index (χ4v) is 3.00. The second-order valence-corrected chi connectivity index (χ2v) is 4.94. The van der Waals surface area contributed by atoms with E-state index in [0.29, 0.717) is 0 Å². The van der Waals surface area contributed by atoms with Crippen molar-refractivity contribution in [1.29, 1.82) is 0 Å². The number of benzene rings is 2. The minimum atomic E-state index is -0.118. The number of rotatable bonds is 0. The molecule has 0 aliphatic carbocycles. The van der Waals surface area contributed by atoms with Gasteiger partial charge in [0.2, 0.25) is 0 Å².